The van der Waals surface area contributed by atoms with Crippen LogP contribution >= 0.6 is 0 Å². The number of piperidine rings is 1. The Morgan fingerprint density at radius 1 is 1.00 bits per heavy atom. The van der Waals surface area contributed by atoms with Gasteiger partial charge in [0.2, 0.25) is 0 Å². The lowest BCUT2D eigenvalue weighted by molar-refractivity contribution is 0.573. The van der Waals surface area contributed by atoms with Crippen molar-refractivity contribution in [2.24, 2.45) is 0 Å². The predicted octanol–water partition coefficient (Wildman–Crippen LogP) is 3.67. The van der Waals surface area contributed by atoms with Crippen LogP contribution in [-0.4, -0.2) is 18.1 Å². The van der Waals surface area contributed by atoms with Gasteiger partial charge in [-0.2, -0.15) is 0 Å². The first-order chi connectivity index (χ1) is 10.8. The summed E-state index contributed by atoms with van der Waals surface area (Å²) in [6.07, 6.45) is 5.87. The topological polar surface area (TPSA) is 28.2 Å². The van der Waals surface area contributed by atoms with Crippen molar-refractivity contribution in [1.29, 1.82) is 0 Å². The number of anilines is 1. The third-order valence-electron chi connectivity index (χ3n) is 4.23. The Balaban J connectivity index is 1.56. The fourth-order valence-electron chi connectivity index (χ4n) is 3.04. The van der Waals surface area contributed by atoms with E-state index in [1.54, 1.807) is 0 Å². The Morgan fingerprint density at radius 3 is 2.55 bits per heavy atom. The monoisotopic (exact) mass is 295 g/mol. The van der Waals surface area contributed by atoms with Gasteiger partial charge in [-0.05, 0) is 49.4 Å². The second kappa shape index (κ2) is 7.41. The second-order valence-corrected chi connectivity index (χ2v) is 6.16. The first-order valence-electron chi connectivity index (χ1n) is 8.27. The number of hydrogen-bond acceptors (Lipinski definition) is 3. The minimum absolute atomic E-state index is 0.886. The smallest absolute Gasteiger partial charge is 0.128 e. The molecule has 0 radical (unpaired) electrons. The molecule has 3 heteroatoms. The summed E-state index contributed by atoms with van der Waals surface area (Å²) in [5.41, 5.74) is 3.96. The minimum atomic E-state index is 0.886. The summed E-state index contributed by atoms with van der Waals surface area (Å²) in [4.78, 5) is 6.95. The molecule has 0 saturated carbocycles. The maximum absolute atomic E-state index is 4.54. The summed E-state index contributed by atoms with van der Waals surface area (Å²) >= 11 is 0. The van der Waals surface area contributed by atoms with Crippen molar-refractivity contribution in [2.75, 3.05) is 18.0 Å². The van der Waals surface area contributed by atoms with Crippen molar-refractivity contribution in [3.05, 3.63) is 59.3 Å². The molecule has 116 valence electrons. The number of hydrogen-bond donors (Lipinski definition) is 1. The van der Waals surface area contributed by atoms with E-state index >= 15 is 0 Å². The molecule has 3 rings (SSSR count). The third kappa shape index (κ3) is 4.08. The molecule has 3 nitrogen and oxygen atoms in total. The lowest BCUT2D eigenvalue weighted by Crippen LogP contribution is -2.30. The van der Waals surface area contributed by atoms with E-state index in [1.807, 2.05) is 6.20 Å². The highest BCUT2D eigenvalue weighted by atomic mass is 15.2. The molecule has 0 atom stereocenters. The van der Waals surface area contributed by atoms with Crippen LogP contribution in [0.5, 0.6) is 0 Å². The predicted molar refractivity (Wildman–Crippen MR) is 92.0 cm³/mol. The summed E-state index contributed by atoms with van der Waals surface area (Å²) in [5, 5.41) is 3.53. The molecule has 1 aromatic heterocycles. The Morgan fingerprint density at radius 2 is 1.77 bits per heavy atom. The Hall–Kier alpha value is -1.87. The van der Waals surface area contributed by atoms with E-state index in [0.29, 0.717) is 0 Å². The molecule has 22 heavy (non-hydrogen) atoms. The van der Waals surface area contributed by atoms with E-state index in [9.17, 15) is 0 Å². The zero-order valence-corrected chi connectivity index (χ0v) is 13.4. The number of rotatable bonds is 5. The highest BCUT2D eigenvalue weighted by Crippen LogP contribution is 2.18. The average molecular weight is 295 g/mol. The van der Waals surface area contributed by atoms with Gasteiger partial charge < -0.3 is 10.2 Å². The number of nitrogens with zero attached hydrogens (tertiary/aromatic N) is 2. The molecule has 0 spiro atoms. The fourth-order valence-corrected chi connectivity index (χ4v) is 3.04. The van der Waals surface area contributed by atoms with Gasteiger partial charge in [-0.25, -0.2) is 4.98 Å². The normalized spacial score (nSPS) is 15.0. The molecule has 0 amide bonds. The van der Waals surface area contributed by atoms with Crippen molar-refractivity contribution < 1.29 is 0 Å². The van der Waals surface area contributed by atoms with Gasteiger partial charge >= 0.3 is 0 Å². The minimum Gasteiger partial charge on any atom is -0.357 e. The quantitative estimate of drug-likeness (QED) is 0.912. The van der Waals surface area contributed by atoms with E-state index in [-0.39, 0.29) is 0 Å². The van der Waals surface area contributed by atoms with Crippen molar-refractivity contribution in [2.45, 2.75) is 39.3 Å². The maximum atomic E-state index is 4.54. The zero-order chi connectivity index (χ0) is 15.2. The van der Waals surface area contributed by atoms with E-state index in [2.05, 4.69) is 58.5 Å². The molecule has 1 saturated heterocycles. The summed E-state index contributed by atoms with van der Waals surface area (Å²) in [7, 11) is 0. The highest BCUT2D eigenvalue weighted by Gasteiger charge is 2.12. The van der Waals surface area contributed by atoms with Gasteiger partial charge in [0.1, 0.15) is 5.82 Å². The van der Waals surface area contributed by atoms with Gasteiger partial charge in [0.05, 0.1) is 0 Å². The molecule has 2 heterocycles. The summed E-state index contributed by atoms with van der Waals surface area (Å²) < 4.78 is 0. The van der Waals surface area contributed by atoms with Crippen LogP contribution in [0.15, 0.2) is 42.6 Å². The van der Waals surface area contributed by atoms with Crippen LogP contribution in [0.25, 0.3) is 0 Å². The van der Waals surface area contributed by atoms with Gasteiger partial charge in [-0.1, -0.05) is 29.8 Å². The van der Waals surface area contributed by atoms with Crippen LogP contribution in [-0.2, 0) is 13.1 Å². The van der Waals surface area contributed by atoms with Crippen LogP contribution in [0, 0.1) is 6.92 Å². The third-order valence-corrected chi connectivity index (χ3v) is 4.23. The molecule has 1 aliphatic rings. The fraction of sp³-hybridized carbons (Fsp3) is 0.421. The Labute approximate surface area is 133 Å². The average Bonchev–Trinajstić information content (AvgIpc) is 2.56. The van der Waals surface area contributed by atoms with E-state index in [0.717, 1.165) is 32.0 Å². The largest absolute Gasteiger partial charge is 0.357 e. The molecular formula is C19H25N3. The molecule has 2 aromatic rings. The molecular weight excluding hydrogens is 270 g/mol. The zero-order valence-electron chi connectivity index (χ0n) is 13.4. The van der Waals surface area contributed by atoms with Gasteiger partial charge in [-0.15, -0.1) is 0 Å². The first kappa shape index (κ1) is 15.0. The van der Waals surface area contributed by atoms with Gasteiger partial charge in [0.25, 0.3) is 0 Å². The molecule has 1 N–H and O–H groups in total. The van der Waals surface area contributed by atoms with Crippen LogP contribution in [0.1, 0.15) is 36.0 Å². The van der Waals surface area contributed by atoms with Crippen LogP contribution in [0.2, 0.25) is 0 Å². The van der Waals surface area contributed by atoms with Crippen molar-refractivity contribution >= 4 is 5.82 Å². The number of aryl methyl sites for hydroxylation is 1. The van der Waals surface area contributed by atoms with Crippen molar-refractivity contribution in [3.8, 4) is 0 Å². The molecule has 0 bridgehead atoms. The molecule has 0 unspecified atom stereocenters. The number of pyridine rings is 1. The summed E-state index contributed by atoms with van der Waals surface area (Å²) in [6, 6.07) is 13.0. The Kier molecular flexibility index (Phi) is 5.07. The molecule has 0 aliphatic carbocycles. The standard InChI is InChI=1S/C19H25N3/c1-16-6-5-7-17(12-16)14-20-15-18-8-9-21-19(13-18)22-10-3-2-4-11-22/h5-9,12-13,20H,2-4,10-11,14-15H2,1H3. The lowest BCUT2D eigenvalue weighted by Gasteiger charge is -2.27. The lowest BCUT2D eigenvalue weighted by atomic mass is 10.1. The highest BCUT2D eigenvalue weighted by molar-refractivity contribution is 5.41. The summed E-state index contributed by atoms with van der Waals surface area (Å²) in [6.45, 7) is 6.22. The van der Waals surface area contributed by atoms with Crippen LogP contribution in [0.4, 0.5) is 5.82 Å². The number of nitrogens with one attached hydrogen (secondary N) is 1. The number of benzene rings is 1. The van der Waals surface area contributed by atoms with E-state index in [1.165, 1.54) is 36.0 Å². The first-order valence-corrected chi connectivity index (χ1v) is 8.27. The molecule has 1 fully saturated rings. The van der Waals surface area contributed by atoms with E-state index < -0.39 is 0 Å². The second-order valence-electron chi connectivity index (χ2n) is 6.16. The van der Waals surface area contributed by atoms with Gasteiger partial charge in [0, 0.05) is 32.4 Å². The van der Waals surface area contributed by atoms with Crippen LogP contribution < -0.4 is 10.2 Å². The number of aromatic nitrogens is 1. The Bertz CT molecular complexity index is 603. The van der Waals surface area contributed by atoms with Gasteiger partial charge in [-0.3, -0.25) is 0 Å². The summed E-state index contributed by atoms with van der Waals surface area (Å²) in [5.74, 6) is 1.13. The molecule has 1 aromatic carbocycles. The van der Waals surface area contributed by atoms with Gasteiger partial charge in [0.15, 0.2) is 0 Å². The van der Waals surface area contributed by atoms with E-state index in [4.69, 9.17) is 0 Å². The van der Waals surface area contributed by atoms with Crippen molar-refractivity contribution in [1.82, 2.24) is 10.3 Å². The maximum Gasteiger partial charge on any atom is 0.128 e. The SMILES string of the molecule is Cc1cccc(CNCc2ccnc(N3CCCCC3)c2)c1. The van der Waals surface area contributed by atoms with Crippen molar-refractivity contribution in [3.63, 3.8) is 0 Å². The van der Waals surface area contributed by atoms with Crippen LogP contribution in [0.3, 0.4) is 0 Å². The molecule has 1 aliphatic heterocycles.